The minimum absolute atomic E-state index is 0. The summed E-state index contributed by atoms with van der Waals surface area (Å²) < 4.78 is 11.0. The third-order valence-electron chi connectivity index (χ3n) is 7.25. The minimum atomic E-state index is -0.492. The molecule has 0 bridgehead atoms. The number of fused-ring (bicyclic) bond motifs is 1. The van der Waals surface area contributed by atoms with Gasteiger partial charge >= 0.3 is 0 Å². The molecule has 2 N–H and O–H groups in total. The number of carbonyl (C=O) groups excluding carboxylic acids is 1. The summed E-state index contributed by atoms with van der Waals surface area (Å²) in [4.78, 5) is 13.4. The third kappa shape index (κ3) is 5.26. The highest BCUT2D eigenvalue weighted by atomic mass is 16.7. The largest absolute Gasteiger partial charge is 0.454 e. The van der Waals surface area contributed by atoms with Crippen molar-refractivity contribution in [3.05, 3.63) is 77.4 Å². The van der Waals surface area contributed by atoms with Gasteiger partial charge in [-0.2, -0.15) is 0 Å². The molecule has 192 valence electrons. The summed E-state index contributed by atoms with van der Waals surface area (Å²) in [5.41, 5.74) is 6.40. The molecular formula is C31H40N2O3. The Bertz CT molecular complexity index is 1270. The van der Waals surface area contributed by atoms with Crippen LogP contribution < -0.4 is 20.1 Å². The van der Waals surface area contributed by atoms with Gasteiger partial charge in [-0.25, -0.2) is 0 Å². The van der Waals surface area contributed by atoms with E-state index < -0.39 is 5.41 Å². The molecule has 1 amide bonds. The lowest BCUT2D eigenvalue weighted by atomic mass is 9.92. The van der Waals surface area contributed by atoms with Gasteiger partial charge in [0.05, 0.1) is 5.41 Å². The summed E-state index contributed by atoms with van der Waals surface area (Å²) in [6, 6.07) is 20.7. The van der Waals surface area contributed by atoms with Crippen LogP contribution >= 0.6 is 0 Å². The first-order chi connectivity index (χ1) is 17.2. The second-order valence-electron chi connectivity index (χ2n) is 11.3. The smallest absolute Gasteiger partial charge is 0.235 e. The Morgan fingerprint density at radius 3 is 2.44 bits per heavy atom. The van der Waals surface area contributed by atoms with Gasteiger partial charge in [-0.1, -0.05) is 57.2 Å². The van der Waals surface area contributed by atoms with E-state index in [9.17, 15) is 4.79 Å². The van der Waals surface area contributed by atoms with E-state index in [0.717, 1.165) is 66.2 Å². The number of rotatable bonds is 8. The highest BCUT2D eigenvalue weighted by molar-refractivity contribution is 6.02. The van der Waals surface area contributed by atoms with E-state index in [2.05, 4.69) is 74.7 Å². The van der Waals surface area contributed by atoms with Crippen molar-refractivity contribution >= 4 is 11.6 Å². The van der Waals surface area contributed by atoms with Crippen molar-refractivity contribution in [2.24, 2.45) is 5.41 Å². The van der Waals surface area contributed by atoms with Crippen LogP contribution in [0.2, 0.25) is 0 Å². The Balaban J connectivity index is 0.00000200. The van der Waals surface area contributed by atoms with Crippen LogP contribution in [-0.2, 0) is 16.8 Å². The second-order valence-corrected chi connectivity index (χ2v) is 11.3. The van der Waals surface area contributed by atoms with Crippen LogP contribution in [0.1, 0.15) is 59.6 Å². The van der Waals surface area contributed by atoms with Crippen LogP contribution in [0.5, 0.6) is 11.5 Å². The Hall–Kier alpha value is -3.31. The van der Waals surface area contributed by atoms with Crippen LogP contribution in [0.15, 0.2) is 60.7 Å². The third-order valence-corrected chi connectivity index (χ3v) is 7.25. The SMILES string of the molecule is Cc1ccc(NC(=O)C2(c3ccc4c(c3)OCO4)CC2)cc1-c1ccc(CNCCC(C)(C)C)cc1.[HH].[HH]. The number of hydrogen-bond donors (Lipinski definition) is 2. The first-order valence-electron chi connectivity index (χ1n) is 12.9. The monoisotopic (exact) mass is 488 g/mol. The Labute approximate surface area is 217 Å². The summed E-state index contributed by atoms with van der Waals surface area (Å²) in [5.74, 6) is 1.50. The number of amides is 1. The van der Waals surface area contributed by atoms with Gasteiger partial charge in [-0.3, -0.25) is 4.79 Å². The van der Waals surface area contributed by atoms with Gasteiger partial charge in [0.2, 0.25) is 12.7 Å². The summed E-state index contributed by atoms with van der Waals surface area (Å²) >= 11 is 0. The van der Waals surface area contributed by atoms with E-state index in [1.165, 1.54) is 11.1 Å². The maximum Gasteiger partial charge on any atom is 0.235 e. The maximum absolute atomic E-state index is 13.4. The lowest BCUT2D eigenvalue weighted by Crippen LogP contribution is -2.27. The van der Waals surface area contributed by atoms with E-state index in [4.69, 9.17) is 9.47 Å². The highest BCUT2D eigenvalue weighted by Gasteiger charge is 2.51. The topological polar surface area (TPSA) is 59.6 Å². The quantitative estimate of drug-likeness (QED) is 0.333. The molecule has 1 saturated carbocycles. The number of carbonyl (C=O) groups is 1. The van der Waals surface area contributed by atoms with Gasteiger partial charge < -0.3 is 20.1 Å². The fourth-order valence-electron chi connectivity index (χ4n) is 4.73. The summed E-state index contributed by atoms with van der Waals surface area (Å²) in [6.07, 6.45) is 2.82. The number of hydrogen-bond acceptors (Lipinski definition) is 4. The molecule has 1 fully saturated rings. The second kappa shape index (κ2) is 9.62. The van der Waals surface area contributed by atoms with Crippen molar-refractivity contribution in [3.8, 4) is 22.6 Å². The van der Waals surface area contributed by atoms with Crippen LogP contribution in [0, 0.1) is 12.3 Å². The number of aryl methyl sites for hydroxylation is 1. The number of nitrogens with one attached hydrogen (secondary N) is 2. The van der Waals surface area contributed by atoms with Crippen LogP contribution in [0.4, 0.5) is 5.69 Å². The molecule has 3 aromatic carbocycles. The number of anilines is 1. The van der Waals surface area contributed by atoms with Gasteiger partial charge in [0.1, 0.15) is 0 Å². The van der Waals surface area contributed by atoms with Crippen LogP contribution in [0.25, 0.3) is 11.1 Å². The molecule has 0 unspecified atom stereocenters. The zero-order valence-electron chi connectivity index (χ0n) is 21.7. The zero-order chi connectivity index (χ0) is 25.3. The van der Waals surface area contributed by atoms with E-state index >= 15 is 0 Å². The molecule has 1 aliphatic heterocycles. The van der Waals surface area contributed by atoms with E-state index in [1.54, 1.807) is 0 Å². The number of ether oxygens (including phenoxy) is 2. The van der Waals surface area contributed by atoms with Crippen molar-refractivity contribution < 1.29 is 17.1 Å². The molecule has 3 aromatic rings. The molecule has 5 nitrogen and oxygen atoms in total. The van der Waals surface area contributed by atoms with Gasteiger partial charge in [0.15, 0.2) is 11.5 Å². The fourth-order valence-corrected chi connectivity index (χ4v) is 4.73. The van der Waals surface area contributed by atoms with Gasteiger partial charge in [-0.05, 0) is 90.2 Å². The van der Waals surface area contributed by atoms with Crippen molar-refractivity contribution in [1.82, 2.24) is 5.32 Å². The molecule has 2 aliphatic rings. The minimum Gasteiger partial charge on any atom is -0.454 e. The van der Waals surface area contributed by atoms with Crippen LogP contribution in [0.3, 0.4) is 0 Å². The molecule has 0 atom stereocenters. The van der Waals surface area contributed by atoms with E-state index in [0.29, 0.717) is 5.41 Å². The summed E-state index contributed by atoms with van der Waals surface area (Å²) in [6.45, 7) is 11.0. The van der Waals surface area contributed by atoms with Gasteiger partial charge in [0, 0.05) is 15.1 Å². The van der Waals surface area contributed by atoms with Crippen molar-refractivity contribution in [2.75, 3.05) is 18.7 Å². The standard InChI is InChI=1S/C31H36N2O3.2H2/c1-21-5-11-25(18-26(21)23-8-6-22(7-9-23)19-32-16-15-30(2,3)4)33-29(34)31(13-14-31)24-10-12-27-28(17-24)36-20-35-27;;/h5-12,17-18,32H,13-16,19-20H2,1-4H3,(H,33,34);2*1H. The molecule has 5 heteroatoms. The molecule has 5 rings (SSSR count). The predicted molar refractivity (Wildman–Crippen MR) is 149 cm³/mol. The van der Waals surface area contributed by atoms with Gasteiger partial charge in [-0.15, -0.1) is 0 Å². The molecule has 0 aromatic heterocycles. The summed E-state index contributed by atoms with van der Waals surface area (Å²) in [7, 11) is 0. The highest BCUT2D eigenvalue weighted by Crippen LogP contribution is 2.51. The van der Waals surface area contributed by atoms with Crippen molar-refractivity contribution in [3.63, 3.8) is 0 Å². The number of benzene rings is 3. The van der Waals surface area contributed by atoms with E-state index in [-0.39, 0.29) is 15.6 Å². The van der Waals surface area contributed by atoms with E-state index in [1.807, 2.05) is 24.3 Å². The molecule has 1 aliphatic carbocycles. The average molecular weight is 489 g/mol. The van der Waals surface area contributed by atoms with Crippen LogP contribution in [-0.4, -0.2) is 19.2 Å². The Morgan fingerprint density at radius 1 is 0.972 bits per heavy atom. The molecule has 1 heterocycles. The fraction of sp³-hybridized carbons (Fsp3) is 0.387. The predicted octanol–water partition coefficient (Wildman–Crippen LogP) is 7.08. The molecule has 0 saturated heterocycles. The lowest BCUT2D eigenvalue weighted by Gasteiger charge is -2.18. The molecule has 0 spiro atoms. The summed E-state index contributed by atoms with van der Waals surface area (Å²) in [5, 5.41) is 6.73. The Morgan fingerprint density at radius 2 is 1.72 bits per heavy atom. The first kappa shape index (κ1) is 24.4. The molecular weight excluding hydrogens is 448 g/mol. The first-order valence-corrected chi connectivity index (χ1v) is 12.9. The van der Waals surface area contributed by atoms with Gasteiger partial charge in [0.25, 0.3) is 0 Å². The molecule has 36 heavy (non-hydrogen) atoms. The average Bonchev–Trinajstić information content (AvgIpc) is 3.54. The van der Waals surface area contributed by atoms with Crippen molar-refractivity contribution in [1.29, 1.82) is 0 Å². The maximum atomic E-state index is 13.4. The zero-order valence-corrected chi connectivity index (χ0v) is 21.7. The van der Waals surface area contributed by atoms with Crippen molar-refractivity contribution in [2.45, 2.75) is 58.9 Å². The lowest BCUT2D eigenvalue weighted by molar-refractivity contribution is -0.118. The normalized spacial score (nSPS) is 15.6. The molecule has 0 radical (unpaired) electrons. The Kier molecular flexibility index (Phi) is 6.52.